The number of hydrogen-bond acceptors (Lipinski definition) is 10. The van der Waals surface area contributed by atoms with Crippen molar-refractivity contribution >= 4 is 41.0 Å². The van der Waals surface area contributed by atoms with Crippen molar-refractivity contribution in [2.75, 3.05) is 7.11 Å². The second kappa shape index (κ2) is 9.65. The molecule has 0 unspecified atom stereocenters. The van der Waals surface area contributed by atoms with Crippen LogP contribution in [0.1, 0.15) is 12.0 Å². The van der Waals surface area contributed by atoms with E-state index in [2.05, 4.69) is 25.9 Å². The lowest BCUT2D eigenvalue weighted by molar-refractivity contribution is -0.136. The molecule has 0 radical (unpaired) electrons. The number of methoxy groups -OCH3 is 1. The smallest absolute Gasteiger partial charge is 0.312 e. The second-order valence-electron chi connectivity index (χ2n) is 5.86. The maximum atomic E-state index is 12.1. The van der Waals surface area contributed by atoms with Crippen molar-refractivity contribution in [2.24, 2.45) is 5.10 Å². The maximum absolute atomic E-state index is 12.1. The van der Waals surface area contributed by atoms with E-state index in [1.165, 1.54) is 36.7 Å². The van der Waals surface area contributed by atoms with Crippen molar-refractivity contribution in [3.8, 4) is 11.5 Å². The molecule has 1 saturated heterocycles. The first-order valence-electron chi connectivity index (χ1n) is 8.49. The molecule has 0 bridgehead atoms. The van der Waals surface area contributed by atoms with Gasteiger partial charge in [-0.3, -0.25) is 24.5 Å². The van der Waals surface area contributed by atoms with Gasteiger partial charge >= 0.3 is 5.97 Å². The fourth-order valence-corrected chi connectivity index (χ4v) is 3.17. The Morgan fingerprint density at radius 2 is 2.20 bits per heavy atom. The molecule has 1 fully saturated rings. The van der Waals surface area contributed by atoms with Crippen molar-refractivity contribution in [1.29, 1.82) is 0 Å². The Hall–Kier alpha value is -3.74. The number of carbonyl (C=O) groups is 4. The topological polar surface area (TPSA) is 154 Å². The van der Waals surface area contributed by atoms with Gasteiger partial charge in [0, 0.05) is 0 Å². The third-order valence-electron chi connectivity index (χ3n) is 3.71. The van der Waals surface area contributed by atoms with Gasteiger partial charge in [0.2, 0.25) is 5.91 Å². The third kappa shape index (κ3) is 5.64. The first-order chi connectivity index (χ1) is 14.4. The molecule has 3 rings (SSSR count). The predicted octanol–water partition coefficient (Wildman–Crippen LogP) is 0.0841. The van der Waals surface area contributed by atoms with Crippen LogP contribution in [-0.2, 0) is 20.9 Å². The molecular weight excluding hydrogens is 416 g/mol. The van der Waals surface area contributed by atoms with Crippen LogP contribution in [0.15, 0.2) is 36.0 Å². The maximum Gasteiger partial charge on any atom is 0.312 e. The summed E-state index contributed by atoms with van der Waals surface area (Å²) in [6, 6.07) is 4.64. The zero-order chi connectivity index (χ0) is 21.5. The van der Waals surface area contributed by atoms with E-state index in [0.717, 1.165) is 11.8 Å². The van der Waals surface area contributed by atoms with Crippen LogP contribution in [0.2, 0.25) is 0 Å². The highest BCUT2D eigenvalue weighted by Gasteiger charge is 2.34. The van der Waals surface area contributed by atoms with Crippen molar-refractivity contribution in [2.45, 2.75) is 18.2 Å². The summed E-state index contributed by atoms with van der Waals surface area (Å²) < 4.78 is 11.8. The number of hydrogen-bond donors (Lipinski definition) is 2. The molecule has 2 aromatic rings. The van der Waals surface area contributed by atoms with E-state index in [0.29, 0.717) is 5.56 Å². The molecule has 2 N–H and O–H groups in total. The normalized spacial score (nSPS) is 15.8. The minimum atomic E-state index is -0.816. The summed E-state index contributed by atoms with van der Waals surface area (Å²) in [7, 11) is 1.40. The Morgan fingerprint density at radius 1 is 1.37 bits per heavy atom. The minimum absolute atomic E-state index is 0.0293. The Morgan fingerprint density at radius 3 is 2.87 bits per heavy atom. The van der Waals surface area contributed by atoms with Gasteiger partial charge in [0.1, 0.15) is 24.4 Å². The molecule has 156 valence electrons. The van der Waals surface area contributed by atoms with Crippen molar-refractivity contribution in [3.05, 3.63) is 36.4 Å². The molecule has 1 aliphatic heterocycles. The number of nitrogens with zero attached hydrogens (tertiary/aromatic N) is 4. The summed E-state index contributed by atoms with van der Waals surface area (Å²) in [4.78, 5) is 50.3. The standard InChI is InChI=1S/C17H16N6O6S/c1-28-12-4-10(6-19-22-14(24)7-23-9-18-8-20-23)2-3-11(12)29-15(25)5-13-16(26)21-17(27)30-13/h2-4,6,8-9,13H,5,7H2,1H3,(H,22,24)(H,21,26,27)/b19-6-/t13-/m1/s1. The van der Waals surface area contributed by atoms with E-state index in [-0.39, 0.29) is 30.4 Å². The quantitative estimate of drug-likeness (QED) is 0.255. The highest BCUT2D eigenvalue weighted by molar-refractivity contribution is 8.15. The number of benzene rings is 1. The Bertz CT molecular complexity index is 993. The molecule has 1 aromatic heterocycles. The highest BCUT2D eigenvalue weighted by Crippen LogP contribution is 2.29. The Kier molecular flexibility index (Phi) is 6.75. The summed E-state index contributed by atoms with van der Waals surface area (Å²) in [5.41, 5.74) is 2.92. The number of nitrogens with one attached hydrogen (secondary N) is 2. The Labute approximate surface area is 174 Å². The molecule has 0 saturated carbocycles. The van der Waals surface area contributed by atoms with Crippen LogP contribution in [-0.4, -0.2) is 56.4 Å². The average Bonchev–Trinajstić information content (AvgIpc) is 3.32. The number of thioether (sulfide) groups is 1. The van der Waals surface area contributed by atoms with Crippen molar-refractivity contribution in [3.63, 3.8) is 0 Å². The van der Waals surface area contributed by atoms with Crippen LogP contribution in [0.25, 0.3) is 0 Å². The number of imide groups is 1. The van der Waals surface area contributed by atoms with Crippen LogP contribution in [0.4, 0.5) is 4.79 Å². The number of carbonyl (C=O) groups excluding carboxylic acids is 4. The number of esters is 1. The van der Waals surface area contributed by atoms with Crippen molar-refractivity contribution < 1.29 is 28.7 Å². The van der Waals surface area contributed by atoms with E-state index in [9.17, 15) is 19.2 Å². The van der Waals surface area contributed by atoms with Gasteiger partial charge in [-0.05, 0) is 23.8 Å². The van der Waals surface area contributed by atoms with Crippen LogP contribution >= 0.6 is 11.8 Å². The van der Waals surface area contributed by atoms with E-state index >= 15 is 0 Å². The SMILES string of the molecule is COc1cc(/C=N\NC(=O)Cn2cncn2)ccc1OC(=O)C[C@H]1SC(=O)NC1=O. The summed E-state index contributed by atoms with van der Waals surface area (Å²) >= 11 is 0.745. The molecule has 13 heteroatoms. The van der Waals surface area contributed by atoms with Crippen LogP contribution in [0.5, 0.6) is 11.5 Å². The average molecular weight is 432 g/mol. The third-order valence-corrected chi connectivity index (χ3v) is 4.69. The number of amides is 3. The number of hydrazone groups is 1. The van der Waals surface area contributed by atoms with Gasteiger partial charge in [-0.15, -0.1) is 0 Å². The molecule has 1 atom stereocenters. The molecule has 0 aliphatic carbocycles. The zero-order valence-corrected chi connectivity index (χ0v) is 16.4. The number of aromatic nitrogens is 3. The number of ether oxygens (including phenoxy) is 2. The fourth-order valence-electron chi connectivity index (χ4n) is 2.37. The van der Waals surface area contributed by atoms with E-state index < -0.39 is 22.4 Å². The van der Waals surface area contributed by atoms with E-state index in [1.807, 2.05) is 0 Å². The summed E-state index contributed by atoms with van der Waals surface area (Å²) in [5.74, 6) is -1.20. The molecule has 30 heavy (non-hydrogen) atoms. The van der Waals surface area contributed by atoms with Crippen LogP contribution in [0, 0.1) is 0 Å². The molecule has 0 spiro atoms. The summed E-state index contributed by atoms with van der Waals surface area (Å²) in [5, 5.41) is 8.45. The minimum Gasteiger partial charge on any atom is -0.493 e. The second-order valence-corrected chi connectivity index (χ2v) is 7.03. The van der Waals surface area contributed by atoms with E-state index in [1.54, 1.807) is 12.1 Å². The summed E-state index contributed by atoms with van der Waals surface area (Å²) in [6.45, 7) is -0.0293. The zero-order valence-electron chi connectivity index (χ0n) is 15.6. The largest absolute Gasteiger partial charge is 0.493 e. The molecule has 2 heterocycles. The Balaban J connectivity index is 1.56. The first-order valence-corrected chi connectivity index (χ1v) is 9.37. The van der Waals surface area contributed by atoms with Gasteiger partial charge in [-0.2, -0.15) is 10.2 Å². The molecule has 12 nitrogen and oxygen atoms in total. The van der Waals surface area contributed by atoms with Crippen LogP contribution < -0.4 is 20.2 Å². The van der Waals surface area contributed by atoms with Gasteiger partial charge < -0.3 is 9.47 Å². The van der Waals surface area contributed by atoms with Gasteiger partial charge in [0.05, 0.1) is 19.7 Å². The summed E-state index contributed by atoms with van der Waals surface area (Å²) in [6.07, 6.45) is 3.85. The van der Waals surface area contributed by atoms with Gasteiger partial charge in [-0.25, -0.2) is 15.1 Å². The van der Waals surface area contributed by atoms with Crippen LogP contribution in [0.3, 0.4) is 0 Å². The van der Waals surface area contributed by atoms with Gasteiger partial charge in [0.15, 0.2) is 11.5 Å². The van der Waals surface area contributed by atoms with E-state index in [4.69, 9.17) is 9.47 Å². The first kappa shape index (κ1) is 21.0. The predicted molar refractivity (Wildman–Crippen MR) is 104 cm³/mol. The van der Waals surface area contributed by atoms with Gasteiger partial charge in [-0.1, -0.05) is 11.8 Å². The lowest BCUT2D eigenvalue weighted by Gasteiger charge is -2.10. The number of rotatable bonds is 8. The lowest BCUT2D eigenvalue weighted by Crippen LogP contribution is -2.27. The molecule has 3 amide bonds. The lowest BCUT2D eigenvalue weighted by atomic mass is 10.2. The molecule has 1 aromatic carbocycles. The fraction of sp³-hybridized carbons (Fsp3) is 0.235. The molecular formula is C17H16N6O6S. The van der Waals surface area contributed by atoms with Gasteiger partial charge in [0.25, 0.3) is 11.1 Å². The highest BCUT2D eigenvalue weighted by atomic mass is 32.2. The monoisotopic (exact) mass is 432 g/mol. The molecule has 1 aliphatic rings. The van der Waals surface area contributed by atoms with Crippen molar-refractivity contribution in [1.82, 2.24) is 25.5 Å².